The number of hydrogen-bond donors (Lipinski definition) is 8. The van der Waals surface area contributed by atoms with Gasteiger partial charge in [0, 0.05) is 127 Å². The first-order valence-corrected chi connectivity index (χ1v) is 35.1. The van der Waals surface area contributed by atoms with Crippen LogP contribution >= 0.6 is 23.2 Å². The van der Waals surface area contributed by atoms with Gasteiger partial charge in [0.05, 0.1) is 66.5 Å². The average Bonchev–Trinajstić information content (AvgIpc) is 1.61. The Balaban J connectivity index is 0.531. The summed E-state index contributed by atoms with van der Waals surface area (Å²) in [4.78, 5) is 36.6. The molecule has 498 valence electrons. The molecule has 92 heavy (non-hydrogen) atoms. The molecule has 4 heterocycles. The third-order valence-corrected chi connectivity index (χ3v) is 21.0. The molecular formula is C62H80Cl2F2N14O10S2. The Labute approximate surface area is 546 Å². The normalized spacial score (nSPS) is 22.1. The van der Waals surface area contributed by atoms with E-state index in [1.165, 1.54) is 24.3 Å². The second-order valence-electron chi connectivity index (χ2n) is 23.7. The van der Waals surface area contributed by atoms with E-state index in [1.807, 2.05) is 0 Å². The van der Waals surface area contributed by atoms with Crippen molar-refractivity contribution in [3.63, 3.8) is 0 Å². The number of sulfonamides is 2. The number of carbonyl (C=O) groups is 2. The quantitative estimate of drug-likeness (QED) is 0.0276. The predicted molar refractivity (Wildman–Crippen MR) is 341 cm³/mol. The summed E-state index contributed by atoms with van der Waals surface area (Å²) in [5.41, 5.74) is 3.99. The molecule has 0 bridgehead atoms. The van der Waals surface area contributed by atoms with Crippen LogP contribution < -0.4 is 50.8 Å². The number of ether oxygens (including phenoxy) is 4. The molecule has 4 fully saturated rings. The standard InChI is InChI=1S/C62H80Cl2F2N14O10S2/c1-68-54-33-43(64)32-51-49(54)37-56(80-22-14-70-15-23-80)60(51)90-58-7-5-47(35-53(58)66)92(85,86)76-45-9-19-78(40-45)25-29-88-27-17-74-62(82)72-11-3-2-10-71-61(81)73-16-26-87-28-24-77-18-8-44(39-77)75-91(83,84)46-4-6-57(52(65)34-46)89-59-50-31-42(63)30-41(38-67)48(50)36-55(59)79-20-12-69-13-21-79/h4-7,30-35,44-45,55-56,59-60,69-70,75-76H,2-3,8-29,36-37,39-40H2,(H2,71,73,81)(H2,72,74,82)/t44-,45-,55-,56-,59-,60-/m0/s1. The Morgan fingerprint density at radius 3 is 1.52 bits per heavy atom. The van der Waals surface area contributed by atoms with Crippen LogP contribution in [0.25, 0.3) is 4.85 Å². The number of nitrogens with one attached hydrogen (secondary N) is 8. The zero-order valence-electron chi connectivity index (χ0n) is 51.1. The number of hydrogen-bond acceptors (Lipinski definition) is 17. The van der Waals surface area contributed by atoms with E-state index in [2.05, 4.69) is 71.9 Å². The third kappa shape index (κ3) is 18.0. The monoisotopic (exact) mass is 1350 g/mol. The topological polar surface area (TPSA) is 277 Å². The number of nitriles is 1. The molecule has 4 saturated heterocycles. The van der Waals surface area contributed by atoms with Gasteiger partial charge in [-0.05, 0) is 135 Å². The molecule has 6 aliphatic rings. The minimum atomic E-state index is -4.07. The SMILES string of the molecule is [C-]#[N+]c1cc(Cl)cc2c1C[C@H](N1CCNCC1)[C@H]2Oc1ccc(S(=O)(=O)N[C@H]2CCN(CCOCCNC(=O)NCCCCNC(=O)NCCOCCN3CC[C@H](NS(=O)(=O)c4ccc(O[C@H]5c6cc(Cl)cc(C#N)c6C[C@@H]5N5CCNCC5)c(F)c4)C3)C2)cc1F. The molecular weight excluding hydrogens is 1270 g/mol. The molecule has 4 aliphatic heterocycles. The van der Waals surface area contributed by atoms with Crippen molar-refractivity contribution in [3.8, 4) is 17.6 Å². The first-order chi connectivity index (χ1) is 44.4. The van der Waals surface area contributed by atoms with E-state index in [9.17, 15) is 31.7 Å². The molecule has 0 radical (unpaired) electrons. The number of nitrogens with zero attached hydrogens (tertiary/aromatic N) is 6. The lowest BCUT2D eigenvalue weighted by Crippen LogP contribution is -2.50. The minimum Gasteiger partial charge on any atom is -0.481 e. The van der Waals surface area contributed by atoms with Crippen molar-refractivity contribution < 1.29 is 54.2 Å². The number of fused-ring (bicyclic) bond motifs is 2. The lowest BCUT2D eigenvalue weighted by molar-refractivity contribution is 0.0667. The van der Waals surface area contributed by atoms with Crippen molar-refractivity contribution in [1.29, 1.82) is 5.26 Å². The molecule has 0 aromatic heterocycles. The fourth-order valence-corrected chi connectivity index (χ4v) is 15.9. The van der Waals surface area contributed by atoms with Crippen molar-refractivity contribution in [2.45, 2.75) is 84.7 Å². The summed E-state index contributed by atoms with van der Waals surface area (Å²) in [7, 11) is -8.14. The fourth-order valence-electron chi connectivity index (χ4n) is 12.9. The molecule has 30 heteroatoms. The van der Waals surface area contributed by atoms with Crippen molar-refractivity contribution in [1.82, 2.24) is 60.9 Å². The maximum Gasteiger partial charge on any atom is 0.314 e. The highest BCUT2D eigenvalue weighted by molar-refractivity contribution is 7.89. The van der Waals surface area contributed by atoms with Crippen LogP contribution in [0.2, 0.25) is 10.0 Å². The zero-order valence-corrected chi connectivity index (χ0v) is 54.3. The minimum absolute atomic E-state index is 0.0911. The van der Waals surface area contributed by atoms with Crippen LogP contribution in [0.15, 0.2) is 70.5 Å². The number of amides is 4. The van der Waals surface area contributed by atoms with Gasteiger partial charge >= 0.3 is 12.1 Å². The molecule has 0 unspecified atom stereocenters. The predicted octanol–water partition coefficient (Wildman–Crippen LogP) is 4.41. The molecule has 4 amide bonds. The van der Waals surface area contributed by atoms with E-state index in [0.717, 1.165) is 86.7 Å². The van der Waals surface area contributed by atoms with Gasteiger partial charge in [-0.25, -0.2) is 49.5 Å². The van der Waals surface area contributed by atoms with Crippen LogP contribution in [-0.2, 0) is 42.4 Å². The van der Waals surface area contributed by atoms with E-state index >= 15 is 8.78 Å². The number of piperazine rings is 2. The molecule has 10 rings (SSSR count). The number of halogens is 4. The van der Waals surface area contributed by atoms with Gasteiger partial charge in [-0.1, -0.05) is 23.2 Å². The average molecular weight is 1350 g/mol. The molecule has 4 aromatic rings. The van der Waals surface area contributed by atoms with Gasteiger partial charge in [-0.3, -0.25) is 19.6 Å². The largest absolute Gasteiger partial charge is 0.481 e. The van der Waals surface area contributed by atoms with Crippen LogP contribution in [0.5, 0.6) is 11.5 Å². The summed E-state index contributed by atoms with van der Waals surface area (Å²) in [6.07, 6.45) is 2.22. The third-order valence-electron chi connectivity index (χ3n) is 17.6. The van der Waals surface area contributed by atoms with Crippen LogP contribution in [0.1, 0.15) is 65.7 Å². The summed E-state index contributed by atoms with van der Waals surface area (Å²) < 4.78 is 115. The molecule has 0 saturated carbocycles. The van der Waals surface area contributed by atoms with Crippen LogP contribution in [-0.4, -0.2) is 217 Å². The summed E-state index contributed by atoms with van der Waals surface area (Å²) in [6, 6.07) is 14.5. The first kappa shape index (κ1) is 68.8. The first-order valence-electron chi connectivity index (χ1n) is 31.4. The lowest BCUT2D eigenvalue weighted by Gasteiger charge is -2.36. The number of likely N-dealkylation sites (tertiary alicyclic amines) is 2. The molecule has 6 atom stereocenters. The van der Waals surface area contributed by atoms with Crippen molar-refractivity contribution in [2.24, 2.45) is 0 Å². The summed E-state index contributed by atoms with van der Waals surface area (Å²) in [5, 5.41) is 28.4. The summed E-state index contributed by atoms with van der Waals surface area (Å²) >= 11 is 12.8. The summed E-state index contributed by atoms with van der Waals surface area (Å²) in [6.45, 7) is 19.8. The smallest absolute Gasteiger partial charge is 0.314 e. The highest BCUT2D eigenvalue weighted by atomic mass is 35.5. The zero-order chi connectivity index (χ0) is 64.8. The molecule has 8 N–H and O–H groups in total. The molecule has 0 spiro atoms. The van der Waals surface area contributed by atoms with Crippen molar-refractivity contribution in [3.05, 3.63) is 122 Å². The van der Waals surface area contributed by atoms with Crippen LogP contribution in [0.4, 0.5) is 24.1 Å². The van der Waals surface area contributed by atoms with Crippen molar-refractivity contribution in [2.75, 3.05) is 144 Å². The van der Waals surface area contributed by atoms with E-state index in [4.69, 9.17) is 48.7 Å². The number of carbonyl (C=O) groups excluding carboxylic acids is 2. The Kier molecular flexibility index (Phi) is 24.2. The van der Waals surface area contributed by atoms with Gasteiger partial charge in [-0.15, -0.1) is 0 Å². The number of urea groups is 2. The summed E-state index contributed by atoms with van der Waals surface area (Å²) in [5.74, 6) is -1.82. The fraction of sp³-hybridized carbons (Fsp3) is 0.548. The van der Waals surface area contributed by atoms with Crippen LogP contribution in [0, 0.1) is 29.5 Å². The molecule has 24 nitrogen and oxygen atoms in total. The van der Waals surface area contributed by atoms with E-state index in [-0.39, 0.29) is 77.8 Å². The maximum absolute atomic E-state index is 15.8. The lowest BCUT2D eigenvalue weighted by atomic mass is 10.0. The van der Waals surface area contributed by atoms with E-state index in [1.54, 1.807) is 24.3 Å². The van der Waals surface area contributed by atoms with Crippen LogP contribution in [0.3, 0.4) is 0 Å². The number of benzene rings is 4. The van der Waals surface area contributed by atoms with Gasteiger partial charge in [0.25, 0.3) is 0 Å². The second kappa shape index (κ2) is 32.4. The Hall–Kier alpha value is -6.06. The Bertz CT molecular complexity index is 3330. The van der Waals surface area contributed by atoms with Gasteiger partial charge in [0.2, 0.25) is 20.0 Å². The Morgan fingerprint density at radius 2 is 1.07 bits per heavy atom. The number of unbranched alkanes of at least 4 members (excludes halogenated alkanes) is 1. The second-order valence-corrected chi connectivity index (χ2v) is 28.0. The Morgan fingerprint density at radius 1 is 0.620 bits per heavy atom. The highest BCUT2D eigenvalue weighted by Gasteiger charge is 2.43. The highest BCUT2D eigenvalue weighted by Crippen LogP contribution is 2.45. The van der Waals surface area contributed by atoms with E-state index in [0.29, 0.717) is 125 Å². The molecule has 2 aliphatic carbocycles. The number of rotatable bonds is 29. The van der Waals surface area contributed by atoms with Crippen molar-refractivity contribution >= 4 is 61.0 Å². The van der Waals surface area contributed by atoms with Gasteiger partial charge < -0.3 is 50.8 Å². The molecule has 4 aromatic carbocycles. The van der Waals surface area contributed by atoms with Gasteiger partial charge in [0.15, 0.2) is 28.8 Å². The van der Waals surface area contributed by atoms with E-state index < -0.39 is 49.9 Å². The van der Waals surface area contributed by atoms with Gasteiger partial charge in [0.1, 0.15) is 12.2 Å². The van der Waals surface area contributed by atoms with Gasteiger partial charge in [-0.2, -0.15) is 5.26 Å². The maximum atomic E-state index is 15.8.